The predicted molar refractivity (Wildman–Crippen MR) is 102 cm³/mol. The van der Waals surface area contributed by atoms with E-state index < -0.39 is 0 Å². The maximum atomic E-state index is 12.1. The van der Waals surface area contributed by atoms with E-state index in [-0.39, 0.29) is 11.9 Å². The summed E-state index contributed by atoms with van der Waals surface area (Å²) in [7, 11) is 0. The molecule has 27 heavy (non-hydrogen) atoms. The number of pyridine rings is 1. The van der Waals surface area contributed by atoms with E-state index in [0.717, 1.165) is 37.0 Å². The van der Waals surface area contributed by atoms with Crippen LogP contribution in [0.25, 0.3) is 0 Å². The highest BCUT2D eigenvalue weighted by molar-refractivity contribution is 7.15. The van der Waals surface area contributed by atoms with E-state index in [0.29, 0.717) is 23.8 Å². The number of anilines is 2. The summed E-state index contributed by atoms with van der Waals surface area (Å²) in [5.41, 5.74) is 0.447. The topological polar surface area (TPSA) is 101 Å². The Hall–Kier alpha value is -2.59. The molecule has 1 aliphatic rings. The number of carbonyl (C=O) groups is 2. The van der Waals surface area contributed by atoms with Crippen LogP contribution in [0.15, 0.2) is 18.3 Å². The highest BCUT2D eigenvalue weighted by Crippen LogP contribution is 2.16. The molecule has 0 aromatic carbocycles. The Bertz CT molecular complexity index is 786. The third kappa shape index (κ3) is 5.20. The fourth-order valence-corrected chi connectivity index (χ4v) is 3.36. The van der Waals surface area contributed by atoms with Crippen LogP contribution in [0.5, 0.6) is 0 Å². The summed E-state index contributed by atoms with van der Waals surface area (Å²) in [6.07, 6.45) is 1.54. The smallest absolute Gasteiger partial charge is 0.339 e. The first-order chi connectivity index (χ1) is 13.0. The second-order valence-corrected chi connectivity index (χ2v) is 7.24. The molecular formula is C17H22N6O3S. The van der Waals surface area contributed by atoms with Crippen molar-refractivity contribution in [2.24, 2.45) is 0 Å². The van der Waals surface area contributed by atoms with Crippen LogP contribution in [-0.2, 0) is 9.53 Å². The number of amides is 1. The quantitative estimate of drug-likeness (QED) is 0.734. The number of aromatic nitrogens is 3. The molecule has 0 unspecified atom stereocenters. The molecule has 10 heteroatoms. The van der Waals surface area contributed by atoms with Crippen molar-refractivity contribution in [2.45, 2.75) is 13.8 Å². The van der Waals surface area contributed by atoms with Gasteiger partial charge in [0.2, 0.25) is 11.0 Å². The molecule has 3 heterocycles. The highest BCUT2D eigenvalue weighted by atomic mass is 32.1. The maximum absolute atomic E-state index is 12.1. The summed E-state index contributed by atoms with van der Waals surface area (Å²) < 4.78 is 4.96. The Balaban J connectivity index is 1.47. The van der Waals surface area contributed by atoms with E-state index in [9.17, 15) is 9.59 Å². The molecule has 0 aliphatic carbocycles. The van der Waals surface area contributed by atoms with Crippen molar-refractivity contribution < 1.29 is 14.3 Å². The summed E-state index contributed by atoms with van der Waals surface area (Å²) in [6, 6.07) is 3.55. The van der Waals surface area contributed by atoms with Crippen molar-refractivity contribution in [3.63, 3.8) is 0 Å². The van der Waals surface area contributed by atoms with E-state index in [4.69, 9.17) is 4.74 Å². The van der Waals surface area contributed by atoms with E-state index in [2.05, 4.69) is 30.3 Å². The van der Waals surface area contributed by atoms with Crippen LogP contribution in [0, 0.1) is 6.92 Å². The number of rotatable bonds is 6. The first-order valence-electron chi connectivity index (χ1n) is 8.75. The molecule has 0 atom stereocenters. The maximum Gasteiger partial charge on any atom is 0.339 e. The number of ether oxygens (including phenoxy) is 1. The number of hydrogen-bond donors (Lipinski definition) is 1. The molecule has 0 saturated carbocycles. The van der Waals surface area contributed by atoms with Crippen LogP contribution >= 0.6 is 11.3 Å². The van der Waals surface area contributed by atoms with Crippen LogP contribution in [0.4, 0.5) is 10.9 Å². The number of aryl methyl sites for hydroxylation is 1. The summed E-state index contributed by atoms with van der Waals surface area (Å²) in [5, 5.41) is 11.9. The molecule has 1 fully saturated rings. The molecule has 0 bridgehead atoms. The Kier molecular flexibility index (Phi) is 6.30. The van der Waals surface area contributed by atoms with E-state index in [1.165, 1.54) is 17.5 Å². The van der Waals surface area contributed by atoms with Gasteiger partial charge < -0.3 is 9.64 Å². The monoisotopic (exact) mass is 390 g/mol. The van der Waals surface area contributed by atoms with Gasteiger partial charge >= 0.3 is 5.97 Å². The molecule has 3 rings (SSSR count). The molecule has 1 amide bonds. The van der Waals surface area contributed by atoms with Crippen molar-refractivity contribution in [3.8, 4) is 0 Å². The molecular weight excluding hydrogens is 368 g/mol. The molecule has 2 aromatic rings. The third-order valence-corrected chi connectivity index (χ3v) is 4.85. The van der Waals surface area contributed by atoms with Gasteiger partial charge in [0, 0.05) is 32.4 Å². The van der Waals surface area contributed by atoms with Crippen LogP contribution in [0.2, 0.25) is 0 Å². The standard InChI is InChI=1S/C17H22N6O3S/c1-3-26-16(25)13-4-5-14(18-10-13)23-8-6-22(7-9-23)11-15(24)19-17-21-20-12(2)27-17/h4-5,10H,3,6-9,11H2,1-2H3,(H,19,21,24). The first kappa shape index (κ1) is 19.2. The zero-order chi connectivity index (χ0) is 19.2. The van der Waals surface area contributed by atoms with Crippen molar-refractivity contribution in [1.82, 2.24) is 20.1 Å². The minimum absolute atomic E-state index is 0.0866. The van der Waals surface area contributed by atoms with E-state index in [1.54, 1.807) is 13.0 Å². The lowest BCUT2D eigenvalue weighted by Gasteiger charge is -2.34. The summed E-state index contributed by atoms with van der Waals surface area (Å²) in [5.74, 6) is 0.367. The van der Waals surface area contributed by atoms with Crippen molar-refractivity contribution >= 4 is 34.2 Å². The second-order valence-electron chi connectivity index (χ2n) is 6.06. The van der Waals surface area contributed by atoms with Crippen LogP contribution in [-0.4, -0.2) is 71.3 Å². The Morgan fingerprint density at radius 3 is 2.59 bits per heavy atom. The first-order valence-corrected chi connectivity index (χ1v) is 9.57. The number of hydrogen-bond acceptors (Lipinski definition) is 9. The molecule has 1 N–H and O–H groups in total. The molecule has 2 aromatic heterocycles. The van der Waals surface area contributed by atoms with Gasteiger partial charge in [-0.3, -0.25) is 15.0 Å². The normalized spacial score (nSPS) is 14.8. The van der Waals surface area contributed by atoms with E-state index >= 15 is 0 Å². The Morgan fingerprint density at radius 1 is 1.22 bits per heavy atom. The van der Waals surface area contributed by atoms with Gasteiger partial charge in [-0.1, -0.05) is 11.3 Å². The van der Waals surface area contributed by atoms with Gasteiger partial charge in [-0.05, 0) is 26.0 Å². The molecule has 0 spiro atoms. The lowest BCUT2D eigenvalue weighted by Crippen LogP contribution is -2.48. The lowest BCUT2D eigenvalue weighted by atomic mass is 10.2. The van der Waals surface area contributed by atoms with Gasteiger partial charge in [-0.15, -0.1) is 10.2 Å². The van der Waals surface area contributed by atoms with Crippen molar-refractivity contribution in [3.05, 3.63) is 28.9 Å². The molecule has 9 nitrogen and oxygen atoms in total. The summed E-state index contributed by atoms with van der Waals surface area (Å²) in [4.78, 5) is 32.4. The fourth-order valence-electron chi connectivity index (χ4n) is 2.75. The van der Waals surface area contributed by atoms with E-state index in [1.807, 2.05) is 13.0 Å². The van der Waals surface area contributed by atoms with Crippen LogP contribution < -0.4 is 10.2 Å². The second kappa shape index (κ2) is 8.87. The number of nitrogens with one attached hydrogen (secondary N) is 1. The molecule has 1 saturated heterocycles. The largest absolute Gasteiger partial charge is 0.462 e. The highest BCUT2D eigenvalue weighted by Gasteiger charge is 2.20. The van der Waals surface area contributed by atoms with Gasteiger partial charge in [0.05, 0.1) is 18.7 Å². The third-order valence-electron chi connectivity index (χ3n) is 4.09. The summed E-state index contributed by atoms with van der Waals surface area (Å²) in [6.45, 7) is 7.31. The average molecular weight is 390 g/mol. The minimum Gasteiger partial charge on any atom is -0.462 e. The lowest BCUT2D eigenvalue weighted by molar-refractivity contribution is -0.117. The average Bonchev–Trinajstić information content (AvgIpc) is 3.07. The Morgan fingerprint density at radius 2 is 2.00 bits per heavy atom. The van der Waals surface area contributed by atoms with Crippen LogP contribution in [0.1, 0.15) is 22.3 Å². The van der Waals surface area contributed by atoms with Crippen molar-refractivity contribution in [2.75, 3.05) is 49.5 Å². The zero-order valence-corrected chi connectivity index (χ0v) is 16.2. The summed E-state index contributed by atoms with van der Waals surface area (Å²) >= 11 is 1.36. The zero-order valence-electron chi connectivity index (χ0n) is 15.3. The van der Waals surface area contributed by atoms with Crippen molar-refractivity contribution in [1.29, 1.82) is 0 Å². The van der Waals surface area contributed by atoms with Gasteiger partial charge in [0.25, 0.3) is 0 Å². The number of carbonyl (C=O) groups excluding carboxylic acids is 2. The minimum atomic E-state index is -0.363. The fraction of sp³-hybridized carbons (Fsp3) is 0.471. The Labute approximate surface area is 161 Å². The number of nitrogens with zero attached hydrogens (tertiary/aromatic N) is 5. The molecule has 0 radical (unpaired) electrons. The van der Waals surface area contributed by atoms with Gasteiger partial charge in [0.1, 0.15) is 10.8 Å². The van der Waals surface area contributed by atoms with Gasteiger partial charge in [-0.2, -0.15) is 0 Å². The predicted octanol–water partition coefficient (Wildman–Crippen LogP) is 1.18. The van der Waals surface area contributed by atoms with Gasteiger partial charge in [0.15, 0.2) is 0 Å². The number of piperazine rings is 1. The van der Waals surface area contributed by atoms with Gasteiger partial charge in [-0.25, -0.2) is 9.78 Å². The molecule has 1 aliphatic heterocycles. The van der Waals surface area contributed by atoms with Crippen LogP contribution in [0.3, 0.4) is 0 Å². The SMILES string of the molecule is CCOC(=O)c1ccc(N2CCN(CC(=O)Nc3nnc(C)s3)CC2)nc1. The number of esters is 1. The molecule has 144 valence electrons.